The van der Waals surface area contributed by atoms with Crippen molar-refractivity contribution < 1.29 is 14.3 Å². The summed E-state index contributed by atoms with van der Waals surface area (Å²) < 4.78 is 11.7. The van der Waals surface area contributed by atoms with Crippen LogP contribution in [0.25, 0.3) is 0 Å². The maximum absolute atomic E-state index is 13.0. The van der Waals surface area contributed by atoms with Crippen LogP contribution in [0.5, 0.6) is 11.5 Å². The Balaban J connectivity index is 1.16. The smallest absolute Gasteiger partial charge is 0.251 e. The van der Waals surface area contributed by atoms with Crippen molar-refractivity contribution in [1.29, 1.82) is 0 Å². The van der Waals surface area contributed by atoms with E-state index in [9.17, 15) is 4.79 Å². The minimum Gasteiger partial charge on any atom is -0.493 e. The van der Waals surface area contributed by atoms with Crippen molar-refractivity contribution in [2.75, 3.05) is 38.3 Å². The number of hydrogen-bond acceptors (Lipinski definition) is 5. The fourth-order valence-electron chi connectivity index (χ4n) is 4.91. The molecule has 1 aliphatic heterocycles. The minimum absolute atomic E-state index is 0.00100. The summed E-state index contributed by atoms with van der Waals surface area (Å²) in [4.78, 5) is 19.4. The molecule has 7 heteroatoms. The average molecular weight is 506 g/mol. The maximum atomic E-state index is 13.0. The maximum Gasteiger partial charge on any atom is 0.251 e. The first kappa shape index (κ1) is 24.4. The molecular weight excluding hydrogens is 474 g/mol. The number of benzene rings is 2. The van der Waals surface area contributed by atoms with E-state index in [1.807, 2.05) is 36.7 Å². The average Bonchev–Trinajstić information content (AvgIpc) is 3.72. The molecule has 1 saturated carbocycles. The standard InChI is InChI=1S/C29H32ClN3O3/c1-35-26-7-2-22(18-27(26)36-20-29(12-13-29)23-3-5-24(30)6-4-23)28(34)32-19-21-10-16-33(17-11-21)25-8-14-31-15-9-25/h2-9,14-15,18,21H,10-13,16-17,19-20H2,1H3,(H,32,34). The van der Waals surface area contributed by atoms with Crippen LogP contribution in [0.2, 0.25) is 5.02 Å². The fraction of sp³-hybridized carbons (Fsp3) is 0.379. The molecule has 1 aromatic heterocycles. The highest BCUT2D eigenvalue weighted by molar-refractivity contribution is 6.30. The highest BCUT2D eigenvalue weighted by Gasteiger charge is 2.45. The van der Waals surface area contributed by atoms with Gasteiger partial charge in [-0.15, -0.1) is 0 Å². The quantitative estimate of drug-likeness (QED) is 0.416. The third-order valence-electron chi connectivity index (χ3n) is 7.43. The number of ether oxygens (including phenoxy) is 2. The number of methoxy groups -OCH3 is 1. The largest absolute Gasteiger partial charge is 0.493 e. The molecular formula is C29H32ClN3O3. The minimum atomic E-state index is -0.0853. The zero-order chi connectivity index (χ0) is 25.0. The number of anilines is 1. The number of pyridine rings is 1. The Kier molecular flexibility index (Phi) is 7.33. The van der Waals surface area contributed by atoms with Gasteiger partial charge in [-0.05, 0) is 79.6 Å². The fourth-order valence-corrected chi connectivity index (χ4v) is 5.03. The first-order chi connectivity index (χ1) is 17.6. The van der Waals surface area contributed by atoms with Gasteiger partial charge in [-0.2, -0.15) is 0 Å². The molecule has 0 spiro atoms. The van der Waals surface area contributed by atoms with E-state index in [4.69, 9.17) is 21.1 Å². The van der Waals surface area contributed by atoms with Crippen LogP contribution in [-0.2, 0) is 5.41 Å². The van der Waals surface area contributed by atoms with E-state index in [0.717, 1.165) is 43.8 Å². The third-order valence-corrected chi connectivity index (χ3v) is 7.69. The zero-order valence-corrected chi connectivity index (χ0v) is 21.3. The van der Waals surface area contributed by atoms with E-state index in [1.54, 1.807) is 25.3 Å². The highest BCUT2D eigenvalue weighted by Crippen LogP contribution is 2.49. The summed E-state index contributed by atoms with van der Waals surface area (Å²) in [5.74, 6) is 1.60. The molecule has 188 valence electrons. The van der Waals surface area contributed by atoms with Gasteiger partial charge in [-0.1, -0.05) is 23.7 Å². The molecule has 0 atom stereocenters. The van der Waals surface area contributed by atoms with Crippen molar-refractivity contribution in [1.82, 2.24) is 10.3 Å². The van der Waals surface area contributed by atoms with E-state index < -0.39 is 0 Å². The van der Waals surface area contributed by atoms with Gasteiger partial charge in [0.15, 0.2) is 11.5 Å². The molecule has 2 aromatic carbocycles. The Labute approximate surface area is 217 Å². The summed E-state index contributed by atoms with van der Waals surface area (Å²) in [6.45, 7) is 3.18. The van der Waals surface area contributed by atoms with Crippen molar-refractivity contribution in [3.8, 4) is 11.5 Å². The second-order valence-corrected chi connectivity index (χ2v) is 10.2. The third kappa shape index (κ3) is 5.59. The monoisotopic (exact) mass is 505 g/mol. The highest BCUT2D eigenvalue weighted by atomic mass is 35.5. The summed E-state index contributed by atoms with van der Waals surface area (Å²) in [5, 5.41) is 3.86. The van der Waals surface area contributed by atoms with Gasteiger partial charge in [0.2, 0.25) is 0 Å². The van der Waals surface area contributed by atoms with Crippen LogP contribution in [0.4, 0.5) is 5.69 Å². The Hall–Kier alpha value is -3.25. The predicted molar refractivity (Wildman–Crippen MR) is 142 cm³/mol. The van der Waals surface area contributed by atoms with E-state index in [0.29, 0.717) is 36.1 Å². The van der Waals surface area contributed by atoms with Crippen LogP contribution in [-0.4, -0.2) is 44.2 Å². The first-order valence-corrected chi connectivity index (χ1v) is 12.9. The number of halogens is 1. The Morgan fingerprint density at radius 2 is 1.78 bits per heavy atom. The van der Waals surface area contributed by atoms with Gasteiger partial charge in [0.05, 0.1) is 13.7 Å². The number of carbonyl (C=O) groups is 1. The van der Waals surface area contributed by atoms with Crippen LogP contribution in [0.15, 0.2) is 67.0 Å². The lowest BCUT2D eigenvalue weighted by molar-refractivity contribution is 0.0944. The van der Waals surface area contributed by atoms with Gasteiger partial charge < -0.3 is 19.7 Å². The summed E-state index contributed by atoms with van der Waals surface area (Å²) >= 11 is 6.06. The molecule has 6 nitrogen and oxygen atoms in total. The lowest BCUT2D eigenvalue weighted by Gasteiger charge is -2.33. The molecule has 3 aromatic rings. The summed E-state index contributed by atoms with van der Waals surface area (Å²) in [6.07, 6.45) is 7.89. The van der Waals surface area contributed by atoms with Crippen molar-refractivity contribution in [3.05, 3.63) is 83.1 Å². The zero-order valence-electron chi connectivity index (χ0n) is 20.6. The number of hydrogen-bond donors (Lipinski definition) is 1. The number of piperidine rings is 1. The van der Waals surface area contributed by atoms with Gasteiger partial charge in [-0.25, -0.2) is 0 Å². The van der Waals surface area contributed by atoms with Crippen molar-refractivity contribution in [2.45, 2.75) is 31.1 Å². The first-order valence-electron chi connectivity index (χ1n) is 12.6. The Bertz CT molecular complexity index is 1170. The number of amides is 1. The van der Waals surface area contributed by atoms with Crippen molar-refractivity contribution in [3.63, 3.8) is 0 Å². The number of aromatic nitrogens is 1. The topological polar surface area (TPSA) is 63.7 Å². The van der Waals surface area contributed by atoms with Crippen LogP contribution in [0.3, 0.4) is 0 Å². The lowest BCUT2D eigenvalue weighted by Crippen LogP contribution is -2.38. The molecule has 1 saturated heterocycles. The van der Waals surface area contributed by atoms with Crippen molar-refractivity contribution >= 4 is 23.2 Å². The van der Waals surface area contributed by atoms with Gasteiger partial charge >= 0.3 is 0 Å². The summed E-state index contributed by atoms with van der Waals surface area (Å²) in [6, 6.07) is 17.5. The predicted octanol–water partition coefficient (Wildman–Crippen LogP) is 5.50. The second-order valence-electron chi connectivity index (χ2n) is 9.79. The molecule has 0 radical (unpaired) electrons. The van der Waals surface area contributed by atoms with Crippen LogP contribution in [0, 0.1) is 5.92 Å². The van der Waals surface area contributed by atoms with Gasteiger partial charge in [0.25, 0.3) is 5.91 Å². The van der Waals surface area contributed by atoms with Gasteiger partial charge in [0.1, 0.15) is 0 Å². The molecule has 2 heterocycles. The molecule has 0 bridgehead atoms. The Morgan fingerprint density at radius 1 is 1.06 bits per heavy atom. The van der Waals surface area contributed by atoms with Gasteiger partial charge in [0, 0.05) is 53.7 Å². The van der Waals surface area contributed by atoms with Crippen LogP contribution in [0.1, 0.15) is 41.6 Å². The number of nitrogens with zero attached hydrogens (tertiary/aromatic N) is 2. The van der Waals surface area contributed by atoms with Crippen LogP contribution >= 0.6 is 11.6 Å². The Morgan fingerprint density at radius 3 is 2.44 bits per heavy atom. The number of nitrogens with one attached hydrogen (secondary N) is 1. The molecule has 36 heavy (non-hydrogen) atoms. The van der Waals surface area contributed by atoms with E-state index >= 15 is 0 Å². The molecule has 2 fully saturated rings. The normalized spacial score (nSPS) is 16.9. The van der Waals surface area contributed by atoms with Crippen molar-refractivity contribution in [2.24, 2.45) is 5.92 Å². The number of rotatable bonds is 9. The molecule has 1 N–H and O–H groups in total. The SMILES string of the molecule is COc1ccc(C(=O)NCC2CCN(c3ccncc3)CC2)cc1OCC1(c2ccc(Cl)cc2)CC1. The number of carbonyl (C=O) groups excluding carboxylic acids is 1. The lowest BCUT2D eigenvalue weighted by atomic mass is 9.96. The summed E-state index contributed by atoms with van der Waals surface area (Å²) in [7, 11) is 1.62. The second kappa shape index (κ2) is 10.8. The molecule has 1 aliphatic carbocycles. The van der Waals surface area contributed by atoms with E-state index in [1.165, 1.54) is 11.3 Å². The molecule has 5 rings (SSSR count). The summed E-state index contributed by atoms with van der Waals surface area (Å²) in [5.41, 5.74) is 3.02. The molecule has 1 amide bonds. The van der Waals surface area contributed by atoms with E-state index in [-0.39, 0.29) is 11.3 Å². The van der Waals surface area contributed by atoms with Gasteiger partial charge in [-0.3, -0.25) is 9.78 Å². The van der Waals surface area contributed by atoms with Crippen LogP contribution < -0.4 is 19.7 Å². The molecule has 2 aliphatic rings. The van der Waals surface area contributed by atoms with E-state index in [2.05, 4.69) is 27.3 Å². The molecule has 0 unspecified atom stereocenters.